The van der Waals surface area contributed by atoms with Gasteiger partial charge in [-0.1, -0.05) is 200 Å². The van der Waals surface area contributed by atoms with Crippen molar-refractivity contribution in [3.8, 4) is 72.7 Å². The molecule has 59 heavy (non-hydrogen) atoms. The Hall–Kier alpha value is -7.74. The largest absolute Gasteiger partial charge is 0.309 e. The Labute approximate surface area is 344 Å². The Balaban J connectivity index is 0.970. The quantitative estimate of drug-likeness (QED) is 0.143. The van der Waals surface area contributed by atoms with Crippen LogP contribution in [0.2, 0.25) is 0 Å². The van der Waals surface area contributed by atoms with Gasteiger partial charge in [-0.2, -0.15) is 0 Å². The SMILES string of the molecule is c1ccc(-c2c3ccccc3c(-c3ccccc3)c3cc(-c4ccc(-c5ccc6cc(-n7c(-c8ccccc8)ccc7-c7ccccc7)ccc6c5)cc4)ccc23)cc1. The van der Waals surface area contributed by atoms with Gasteiger partial charge in [-0.3, -0.25) is 0 Å². The van der Waals surface area contributed by atoms with Crippen LogP contribution >= 0.6 is 0 Å². The van der Waals surface area contributed by atoms with E-state index >= 15 is 0 Å². The molecule has 0 radical (unpaired) electrons. The highest BCUT2D eigenvalue weighted by Gasteiger charge is 2.18. The summed E-state index contributed by atoms with van der Waals surface area (Å²) >= 11 is 0. The Morgan fingerprint density at radius 3 is 1.15 bits per heavy atom. The maximum Gasteiger partial charge on any atom is 0.0535 e. The molecule has 1 heteroatoms. The number of rotatable bonds is 7. The van der Waals surface area contributed by atoms with E-state index in [1.807, 2.05) is 0 Å². The van der Waals surface area contributed by atoms with Crippen molar-refractivity contribution in [3.63, 3.8) is 0 Å². The number of hydrogen-bond acceptors (Lipinski definition) is 0. The molecule has 0 aliphatic heterocycles. The van der Waals surface area contributed by atoms with Crippen LogP contribution in [0, 0.1) is 0 Å². The summed E-state index contributed by atoms with van der Waals surface area (Å²) in [5.74, 6) is 0. The van der Waals surface area contributed by atoms with Crippen molar-refractivity contribution < 1.29 is 0 Å². The lowest BCUT2D eigenvalue weighted by Gasteiger charge is -2.18. The summed E-state index contributed by atoms with van der Waals surface area (Å²) in [5, 5.41) is 7.49. The monoisotopic (exact) mass is 749 g/mol. The Morgan fingerprint density at radius 2 is 0.610 bits per heavy atom. The van der Waals surface area contributed by atoms with Gasteiger partial charge in [-0.15, -0.1) is 0 Å². The minimum atomic E-state index is 1.15. The van der Waals surface area contributed by atoms with Crippen molar-refractivity contribution in [1.29, 1.82) is 0 Å². The molecule has 0 fully saturated rings. The second kappa shape index (κ2) is 14.6. The first kappa shape index (κ1) is 34.5. The lowest BCUT2D eigenvalue weighted by molar-refractivity contribution is 1.10. The molecule has 0 bridgehead atoms. The smallest absolute Gasteiger partial charge is 0.0535 e. The van der Waals surface area contributed by atoms with E-state index in [0.29, 0.717) is 0 Å². The maximum atomic E-state index is 2.40. The van der Waals surface area contributed by atoms with Gasteiger partial charge >= 0.3 is 0 Å². The summed E-state index contributed by atoms with van der Waals surface area (Å²) in [5.41, 5.74) is 15.7. The van der Waals surface area contributed by atoms with E-state index in [2.05, 4.69) is 241 Å². The molecule has 0 saturated heterocycles. The second-order valence-corrected chi connectivity index (χ2v) is 15.3. The van der Waals surface area contributed by atoms with E-state index in [1.165, 1.54) is 99.3 Å². The highest BCUT2D eigenvalue weighted by atomic mass is 15.0. The zero-order valence-corrected chi connectivity index (χ0v) is 32.5. The molecular formula is C58H39N. The highest BCUT2D eigenvalue weighted by Crippen LogP contribution is 2.45. The van der Waals surface area contributed by atoms with Crippen LogP contribution in [0.1, 0.15) is 0 Å². The third-order valence-electron chi connectivity index (χ3n) is 11.8. The zero-order valence-electron chi connectivity index (χ0n) is 32.5. The van der Waals surface area contributed by atoms with Gasteiger partial charge in [-0.25, -0.2) is 0 Å². The van der Waals surface area contributed by atoms with E-state index in [9.17, 15) is 0 Å². The Bertz CT molecular complexity index is 3210. The number of hydrogen-bond donors (Lipinski definition) is 0. The molecule has 10 aromatic carbocycles. The highest BCUT2D eigenvalue weighted by molar-refractivity contribution is 6.22. The van der Waals surface area contributed by atoms with Crippen LogP contribution in [0.15, 0.2) is 237 Å². The molecule has 0 unspecified atom stereocenters. The molecule has 11 rings (SSSR count). The molecular weight excluding hydrogens is 711 g/mol. The van der Waals surface area contributed by atoms with Crippen LogP contribution in [0.25, 0.3) is 105 Å². The van der Waals surface area contributed by atoms with Crippen LogP contribution in [0.5, 0.6) is 0 Å². The zero-order chi connectivity index (χ0) is 39.1. The van der Waals surface area contributed by atoms with Gasteiger partial charge in [-0.05, 0) is 124 Å². The summed E-state index contributed by atoms with van der Waals surface area (Å²) in [6.45, 7) is 0. The molecule has 276 valence electrons. The van der Waals surface area contributed by atoms with Crippen LogP contribution in [-0.4, -0.2) is 4.57 Å². The van der Waals surface area contributed by atoms with Gasteiger partial charge in [0.15, 0.2) is 0 Å². The number of aromatic nitrogens is 1. The third-order valence-corrected chi connectivity index (χ3v) is 11.8. The topological polar surface area (TPSA) is 4.93 Å². The van der Waals surface area contributed by atoms with Crippen molar-refractivity contribution in [3.05, 3.63) is 237 Å². The van der Waals surface area contributed by atoms with Crippen molar-refractivity contribution in [1.82, 2.24) is 4.57 Å². The third kappa shape index (κ3) is 6.21. The van der Waals surface area contributed by atoms with Crippen LogP contribution in [0.3, 0.4) is 0 Å². The van der Waals surface area contributed by atoms with Gasteiger partial charge < -0.3 is 4.57 Å². The molecule has 0 amide bonds. The molecule has 1 nitrogen and oxygen atoms in total. The van der Waals surface area contributed by atoms with Gasteiger partial charge in [0.25, 0.3) is 0 Å². The van der Waals surface area contributed by atoms with Crippen LogP contribution in [-0.2, 0) is 0 Å². The summed E-state index contributed by atoms with van der Waals surface area (Å²) < 4.78 is 2.39. The average molecular weight is 750 g/mol. The molecule has 0 saturated carbocycles. The van der Waals surface area contributed by atoms with Gasteiger partial charge in [0.1, 0.15) is 0 Å². The predicted molar refractivity (Wildman–Crippen MR) is 251 cm³/mol. The number of benzene rings is 10. The fourth-order valence-corrected chi connectivity index (χ4v) is 8.98. The fraction of sp³-hybridized carbons (Fsp3) is 0. The van der Waals surface area contributed by atoms with E-state index < -0.39 is 0 Å². The normalized spacial score (nSPS) is 11.4. The second-order valence-electron chi connectivity index (χ2n) is 15.3. The average Bonchev–Trinajstić information content (AvgIpc) is 3.77. The minimum Gasteiger partial charge on any atom is -0.309 e. The fourth-order valence-electron chi connectivity index (χ4n) is 8.98. The first-order chi connectivity index (χ1) is 29.3. The van der Waals surface area contributed by atoms with E-state index in [4.69, 9.17) is 0 Å². The summed E-state index contributed by atoms with van der Waals surface area (Å²) in [7, 11) is 0. The standard InChI is InChI=1S/C58H39N/c1-5-15-42(16-6-1)55-35-36-56(43-17-7-2-8-18-43)59(55)50-33-31-47-37-46(29-30-48(47)38-50)40-25-27-41(28-26-40)49-32-34-53-54(39-49)58(45-21-11-4-12-22-45)52-24-14-13-23-51(52)57(53)44-19-9-3-10-20-44/h1-39H. The molecule has 0 spiro atoms. The Kier molecular flexibility index (Phi) is 8.56. The molecule has 0 atom stereocenters. The van der Waals surface area contributed by atoms with Gasteiger partial charge in [0.2, 0.25) is 0 Å². The summed E-state index contributed by atoms with van der Waals surface area (Å²) in [6, 6.07) is 86.1. The molecule has 1 heterocycles. The van der Waals surface area contributed by atoms with Crippen molar-refractivity contribution >= 4 is 32.3 Å². The van der Waals surface area contributed by atoms with Crippen LogP contribution in [0.4, 0.5) is 0 Å². The van der Waals surface area contributed by atoms with E-state index in [0.717, 1.165) is 5.69 Å². The maximum absolute atomic E-state index is 2.40. The Morgan fingerprint density at radius 1 is 0.220 bits per heavy atom. The van der Waals surface area contributed by atoms with Crippen molar-refractivity contribution in [2.45, 2.75) is 0 Å². The van der Waals surface area contributed by atoms with Crippen molar-refractivity contribution in [2.24, 2.45) is 0 Å². The molecule has 11 aromatic rings. The number of nitrogens with zero attached hydrogens (tertiary/aromatic N) is 1. The molecule has 1 aromatic heterocycles. The van der Waals surface area contributed by atoms with Gasteiger partial charge in [0, 0.05) is 5.69 Å². The number of fused-ring (bicyclic) bond motifs is 3. The molecule has 0 aliphatic rings. The van der Waals surface area contributed by atoms with Gasteiger partial charge in [0.05, 0.1) is 11.4 Å². The minimum absolute atomic E-state index is 1.15. The first-order valence-electron chi connectivity index (χ1n) is 20.3. The molecule has 0 aliphatic carbocycles. The van der Waals surface area contributed by atoms with Crippen molar-refractivity contribution in [2.75, 3.05) is 0 Å². The predicted octanol–water partition coefficient (Wildman–Crippen LogP) is 15.9. The lowest BCUT2D eigenvalue weighted by Crippen LogP contribution is -1.99. The first-order valence-corrected chi connectivity index (χ1v) is 20.3. The van der Waals surface area contributed by atoms with Crippen LogP contribution < -0.4 is 0 Å². The summed E-state index contributed by atoms with van der Waals surface area (Å²) in [4.78, 5) is 0. The summed E-state index contributed by atoms with van der Waals surface area (Å²) in [6.07, 6.45) is 0. The van der Waals surface area contributed by atoms with E-state index in [1.54, 1.807) is 0 Å². The lowest BCUT2D eigenvalue weighted by atomic mass is 9.85. The van der Waals surface area contributed by atoms with E-state index in [-0.39, 0.29) is 0 Å². The molecule has 0 N–H and O–H groups in total.